The van der Waals surface area contributed by atoms with Gasteiger partial charge >= 0.3 is 12.0 Å². The number of anilines is 1. The van der Waals surface area contributed by atoms with Crippen LogP contribution in [0, 0.1) is 11.6 Å². The van der Waals surface area contributed by atoms with Crippen LogP contribution in [0.2, 0.25) is 0 Å². The molecule has 10 heteroatoms. The molecule has 2 atom stereocenters. The number of hydrogen-bond donors (Lipinski definition) is 2. The number of carbonyl (C=O) groups excluding carboxylic acids is 4. The summed E-state index contributed by atoms with van der Waals surface area (Å²) < 4.78 is 31.4. The summed E-state index contributed by atoms with van der Waals surface area (Å²) in [4.78, 5) is 49.4. The molecule has 0 saturated carbocycles. The molecule has 158 valence electrons. The molecular formula is C19H23F2N3O5. The van der Waals surface area contributed by atoms with E-state index in [1.54, 1.807) is 6.92 Å². The highest BCUT2D eigenvalue weighted by atomic mass is 19.1. The molecule has 0 bridgehead atoms. The Balaban J connectivity index is 1.93. The fourth-order valence-corrected chi connectivity index (χ4v) is 2.83. The molecule has 2 N–H and O–H groups in total. The Kier molecular flexibility index (Phi) is 6.89. The Hall–Kier alpha value is -3.04. The molecule has 0 radical (unpaired) electrons. The Morgan fingerprint density at radius 3 is 2.62 bits per heavy atom. The summed E-state index contributed by atoms with van der Waals surface area (Å²) in [5.74, 6) is -4.16. The van der Waals surface area contributed by atoms with Crippen LogP contribution in [0.4, 0.5) is 19.3 Å². The van der Waals surface area contributed by atoms with Crippen molar-refractivity contribution in [1.82, 2.24) is 10.2 Å². The maximum atomic E-state index is 13.6. The topological polar surface area (TPSA) is 105 Å². The van der Waals surface area contributed by atoms with Crippen LogP contribution in [0.1, 0.15) is 40.0 Å². The van der Waals surface area contributed by atoms with E-state index in [1.807, 2.05) is 6.92 Å². The van der Waals surface area contributed by atoms with E-state index in [0.717, 1.165) is 29.9 Å². The van der Waals surface area contributed by atoms with Gasteiger partial charge < -0.3 is 15.4 Å². The molecule has 2 rings (SSSR count). The third kappa shape index (κ3) is 5.27. The van der Waals surface area contributed by atoms with E-state index in [-0.39, 0.29) is 5.69 Å². The molecule has 0 aliphatic carbocycles. The molecule has 0 aromatic heterocycles. The minimum Gasteiger partial charge on any atom is -0.451 e. The predicted molar refractivity (Wildman–Crippen MR) is 98.7 cm³/mol. The van der Waals surface area contributed by atoms with E-state index in [1.165, 1.54) is 6.92 Å². The largest absolute Gasteiger partial charge is 0.451 e. The van der Waals surface area contributed by atoms with Crippen LogP contribution in [0.5, 0.6) is 0 Å². The maximum absolute atomic E-state index is 13.6. The van der Waals surface area contributed by atoms with E-state index >= 15 is 0 Å². The first-order valence-electron chi connectivity index (χ1n) is 9.17. The molecule has 1 fully saturated rings. The highest BCUT2D eigenvalue weighted by Gasteiger charge is 2.48. The van der Waals surface area contributed by atoms with Crippen molar-refractivity contribution in [3.63, 3.8) is 0 Å². The van der Waals surface area contributed by atoms with E-state index < -0.39 is 53.6 Å². The molecule has 1 aliphatic rings. The minimum absolute atomic E-state index is 0.278. The number of carbonyl (C=O) groups is 4. The molecule has 1 aromatic rings. The molecule has 8 nitrogen and oxygen atoms in total. The van der Waals surface area contributed by atoms with Crippen molar-refractivity contribution < 1.29 is 32.7 Å². The molecule has 0 spiro atoms. The Morgan fingerprint density at radius 2 is 2.00 bits per heavy atom. The zero-order valence-corrected chi connectivity index (χ0v) is 16.4. The molecule has 0 unspecified atom stereocenters. The highest BCUT2D eigenvalue weighted by molar-refractivity contribution is 6.08. The highest BCUT2D eigenvalue weighted by Crippen LogP contribution is 2.23. The van der Waals surface area contributed by atoms with Crippen LogP contribution >= 0.6 is 0 Å². The van der Waals surface area contributed by atoms with Gasteiger partial charge in [0.15, 0.2) is 6.10 Å². The van der Waals surface area contributed by atoms with Crippen LogP contribution in [0.25, 0.3) is 0 Å². The second-order valence-electron chi connectivity index (χ2n) is 7.00. The van der Waals surface area contributed by atoms with Crippen molar-refractivity contribution in [3.05, 3.63) is 29.8 Å². The van der Waals surface area contributed by atoms with Gasteiger partial charge in [0.1, 0.15) is 23.7 Å². The number of unbranched alkanes of at least 4 members (excludes halogenated alkanes) is 1. The third-order valence-electron chi connectivity index (χ3n) is 4.53. The minimum atomic E-state index is -1.33. The van der Waals surface area contributed by atoms with Crippen molar-refractivity contribution in [1.29, 1.82) is 0 Å². The van der Waals surface area contributed by atoms with Gasteiger partial charge in [-0.25, -0.2) is 13.6 Å². The van der Waals surface area contributed by atoms with Gasteiger partial charge in [0.2, 0.25) is 0 Å². The average Bonchev–Trinajstić information content (AvgIpc) is 2.85. The number of imide groups is 1. The van der Waals surface area contributed by atoms with Gasteiger partial charge in [0.25, 0.3) is 11.8 Å². The second kappa shape index (κ2) is 8.97. The van der Waals surface area contributed by atoms with Gasteiger partial charge in [-0.1, -0.05) is 19.8 Å². The number of rotatable bonds is 8. The number of nitrogens with zero attached hydrogens (tertiary/aromatic N) is 1. The predicted octanol–water partition coefficient (Wildman–Crippen LogP) is 2.34. The van der Waals surface area contributed by atoms with Crippen molar-refractivity contribution in [2.75, 3.05) is 11.9 Å². The zero-order valence-electron chi connectivity index (χ0n) is 16.4. The van der Waals surface area contributed by atoms with Crippen LogP contribution in [0.15, 0.2) is 18.2 Å². The fourth-order valence-electron chi connectivity index (χ4n) is 2.83. The van der Waals surface area contributed by atoms with Crippen molar-refractivity contribution >= 4 is 29.5 Å². The molecule has 1 aliphatic heterocycles. The first-order valence-corrected chi connectivity index (χ1v) is 9.17. The molecule has 1 heterocycles. The summed E-state index contributed by atoms with van der Waals surface area (Å²) in [6.45, 7) is 4.12. The summed E-state index contributed by atoms with van der Waals surface area (Å²) in [5, 5.41) is 4.74. The van der Waals surface area contributed by atoms with Crippen LogP contribution < -0.4 is 10.6 Å². The summed E-state index contributed by atoms with van der Waals surface area (Å²) in [6.07, 6.45) is 0.654. The normalized spacial score (nSPS) is 19.7. The van der Waals surface area contributed by atoms with Crippen LogP contribution in [0.3, 0.4) is 0 Å². The number of urea groups is 1. The van der Waals surface area contributed by atoms with Gasteiger partial charge in [-0.05, 0) is 32.4 Å². The van der Waals surface area contributed by atoms with Crippen molar-refractivity contribution in [3.8, 4) is 0 Å². The first-order chi connectivity index (χ1) is 13.6. The molecule has 1 aromatic carbocycles. The molecule has 29 heavy (non-hydrogen) atoms. The van der Waals surface area contributed by atoms with E-state index in [4.69, 9.17) is 4.74 Å². The Bertz CT molecular complexity index is 832. The van der Waals surface area contributed by atoms with Gasteiger partial charge in [0.05, 0.1) is 5.69 Å². The summed E-state index contributed by atoms with van der Waals surface area (Å²) in [5.41, 5.74) is -1.36. The lowest BCUT2D eigenvalue weighted by molar-refractivity contribution is -0.155. The number of ether oxygens (including phenoxy) is 1. The molecular weight excluding hydrogens is 388 g/mol. The summed E-state index contributed by atoms with van der Waals surface area (Å²) >= 11 is 0. The summed E-state index contributed by atoms with van der Waals surface area (Å²) in [6, 6.07) is 1.87. The van der Waals surface area contributed by atoms with Gasteiger partial charge in [-0.15, -0.1) is 0 Å². The smallest absolute Gasteiger partial charge is 0.327 e. The van der Waals surface area contributed by atoms with Gasteiger partial charge in [0, 0.05) is 6.07 Å². The number of hydrogen-bond acceptors (Lipinski definition) is 5. The van der Waals surface area contributed by atoms with Crippen LogP contribution in [-0.2, 0) is 19.1 Å². The Labute approximate surface area is 166 Å². The van der Waals surface area contributed by atoms with Crippen molar-refractivity contribution in [2.24, 2.45) is 0 Å². The van der Waals surface area contributed by atoms with E-state index in [2.05, 4.69) is 10.6 Å². The average molecular weight is 411 g/mol. The lowest BCUT2D eigenvalue weighted by atomic mass is 9.95. The summed E-state index contributed by atoms with van der Waals surface area (Å²) in [7, 11) is 0. The fraction of sp³-hybridized carbons (Fsp3) is 0.474. The van der Waals surface area contributed by atoms with Crippen molar-refractivity contribution in [2.45, 2.75) is 51.7 Å². The zero-order chi connectivity index (χ0) is 21.8. The maximum Gasteiger partial charge on any atom is 0.327 e. The quantitative estimate of drug-likeness (QED) is 0.505. The SMILES string of the molecule is CCCC[C@@]1(C)NC(=O)N(CC(=O)O[C@H](C)C(=O)Nc2ccc(F)cc2F)C1=O. The van der Waals surface area contributed by atoms with E-state index in [0.29, 0.717) is 12.5 Å². The lowest BCUT2D eigenvalue weighted by Gasteiger charge is -2.21. The monoisotopic (exact) mass is 411 g/mol. The second-order valence-corrected chi connectivity index (χ2v) is 7.00. The van der Waals surface area contributed by atoms with Crippen LogP contribution in [-0.4, -0.2) is 46.9 Å². The number of amides is 4. The first kappa shape index (κ1) is 22.3. The van der Waals surface area contributed by atoms with Gasteiger partial charge in [-0.3, -0.25) is 19.3 Å². The third-order valence-corrected chi connectivity index (χ3v) is 4.53. The molecule has 4 amide bonds. The van der Waals surface area contributed by atoms with Gasteiger partial charge in [-0.2, -0.15) is 0 Å². The number of benzene rings is 1. The molecule has 1 saturated heterocycles. The Morgan fingerprint density at radius 1 is 1.31 bits per heavy atom. The number of esters is 1. The standard InChI is InChI=1S/C19H23F2N3O5/c1-4-5-8-19(3)17(27)24(18(28)23-19)10-15(25)29-11(2)16(26)22-14-7-6-12(20)9-13(14)21/h6-7,9,11H,4-5,8,10H2,1-3H3,(H,22,26)(H,23,28)/t11-,19-/m1/s1. The number of nitrogens with one attached hydrogen (secondary N) is 2. The lowest BCUT2D eigenvalue weighted by Crippen LogP contribution is -2.44. The van der Waals surface area contributed by atoms with E-state index in [9.17, 15) is 28.0 Å². The number of halogens is 2.